The number of hydrogen-bond donors (Lipinski definition) is 5. The monoisotopic (exact) mass is 600 g/mol. The van der Waals surface area contributed by atoms with Crippen molar-refractivity contribution in [2.75, 3.05) is 60.3 Å². The highest BCUT2D eigenvalue weighted by atomic mass is 16.7. The SMILES string of the molecule is CCN(CCCCN)CCCNC(=O)N[C@@H]1c2cc3c(cc2[C@@H](c2cc(OC)c(O)c(OC)c2)[C@H]2C(O)OC[C@@H]21)OCO3. The maximum absolute atomic E-state index is 13.2. The standard InChI is InChI=1S/C31H44N4O8/c1-4-35(10-6-5-8-32)11-7-9-33-31(38)34-28-20-15-23-22(42-17-43-23)14-19(20)26(27-21(28)16-41-30(27)37)18-12-24(39-2)29(36)25(13-18)40-3/h12-15,21,26-28,30,36-37H,4-11,16-17,32H2,1-3H3,(H2,33,34,38)/t21-,26+,27-,28+,30?/m0/s1. The smallest absolute Gasteiger partial charge is 0.315 e. The zero-order chi connectivity index (χ0) is 30.5. The van der Waals surface area contributed by atoms with E-state index in [1.165, 1.54) is 14.2 Å². The number of methoxy groups -OCH3 is 2. The van der Waals surface area contributed by atoms with Crippen LogP contribution in [0.4, 0.5) is 4.79 Å². The summed E-state index contributed by atoms with van der Waals surface area (Å²) in [6, 6.07) is 6.57. The Morgan fingerprint density at radius 2 is 1.72 bits per heavy atom. The summed E-state index contributed by atoms with van der Waals surface area (Å²) < 4.78 is 28.1. The molecule has 1 aliphatic carbocycles. The number of ether oxygens (including phenoxy) is 5. The number of aromatic hydroxyl groups is 1. The first-order chi connectivity index (χ1) is 20.9. The first kappa shape index (κ1) is 31.0. The number of unbranched alkanes of at least 4 members (excludes halogenated alkanes) is 1. The molecule has 0 spiro atoms. The molecule has 236 valence electrons. The Balaban J connectivity index is 1.40. The number of phenols is 1. The Hall–Kier alpha value is -3.45. The van der Waals surface area contributed by atoms with Crippen LogP contribution < -0.4 is 35.3 Å². The van der Waals surface area contributed by atoms with Crippen molar-refractivity contribution in [3.8, 4) is 28.7 Å². The van der Waals surface area contributed by atoms with Crippen LogP contribution in [-0.2, 0) is 4.74 Å². The zero-order valence-corrected chi connectivity index (χ0v) is 25.1. The molecule has 2 aromatic rings. The van der Waals surface area contributed by atoms with Crippen molar-refractivity contribution in [1.82, 2.24) is 15.5 Å². The van der Waals surface area contributed by atoms with Gasteiger partial charge < -0.3 is 55.2 Å². The number of aliphatic hydroxyl groups is 1. The summed E-state index contributed by atoms with van der Waals surface area (Å²) in [5, 5.41) is 27.9. The number of nitrogens with one attached hydrogen (secondary N) is 2. The van der Waals surface area contributed by atoms with Gasteiger partial charge in [0.25, 0.3) is 0 Å². The van der Waals surface area contributed by atoms with Gasteiger partial charge >= 0.3 is 6.03 Å². The van der Waals surface area contributed by atoms with Crippen LogP contribution >= 0.6 is 0 Å². The van der Waals surface area contributed by atoms with Crippen molar-refractivity contribution < 1.29 is 38.7 Å². The lowest BCUT2D eigenvalue weighted by Gasteiger charge is -2.41. The topological polar surface area (TPSA) is 157 Å². The second-order valence-electron chi connectivity index (χ2n) is 11.2. The van der Waals surface area contributed by atoms with Crippen LogP contribution in [0.3, 0.4) is 0 Å². The molecule has 0 aromatic heterocycles. The van der Waals surface area contributed by atoms with Gasteiger partial charge in [-0.25, -0.2) is 4.79 Å². The molecule has 2 aliphatic heterocycles. The lowest BCUT2D eigenvalue weighted by molar-refractivity contribution is -0.0855. The van der Waals surface area contributed by atoms with E-state index in [1.54, 1.807) is 12.1 Å². The van der Waals surface area contributed by atoms with E-state index in [2.05, 4.69) is 22.5 Å². The fourth-order valence-corrected chi connectivity index (χ4v) is 6.61. The number of benzene rings is 2. The van der Waals surface area contributed by atoms with Gasteiger partial charge in [-0.2, -0.15) is 0 Å². The maximum atomic E-state index is 13.2. The van der Waals surface area contributed by atoms with Crippen LogP contribution in [0.5, 0.6) is 28.7 Å². The first-order valence-electron chi connectivity index (χ1n) is 15.0. The minimum atomic E-state index is -1.08. The molecule has 5 rings (SSSR count). The van der Waals surface area contributed by atoms with E-state index in [0.717, 1.165) is 55.6 Å². The minimum absolute atomic E-state index is 0.0991. The molecule has 12 nitrogen and oxygen atoms in total. The highest BCUT2D eigenvalue weighted by molar-refractivity contribution is 5.75. The molecule has 1 unspecified atom stereocenters. The molecule has 12 heteroatoms. The van der Waals surface area contributed by atoms with Crippen LogP contribution in [-0.4, -0.2) is 87.8 Å². The zero-order valence-electron chi connectivity index (χ0n) is 25.1. The number of carbonyl (C=O) groups excluding carboxylic acids is 1. The van der Waals surface area contributed by atoms with E-state index in [-0.39, 0.29) is 48.5 Å². The fourth-order valence-electron chi connectivity index (χ4n) is 6.61. The predicted octanol–water partition coefficient (Wildman–Crippen LogP) is 2.66. The van der Waals surface area contributed by atoms with Crippen LogP contribution in [0.2, 0.25) is 0 Å². The molecule has 3 aliphatic rings. The van der Waals surface area contributed by atoms with Gasteiger partial charge in [-0.05, 0) is 86.4 Å². The van der Waals surface area contributed by atoms with E-state index in [9.17, 15) is 15.0 Å². The van der Waals surface area contributed by atoms with Gasteiger partial charge in [-0.1, -0.05) is 6.92 Å². The summed E-state index contributed by atoms with van der Waals surface area (Å²) in [6.07, 6.45) is 1.82. The van der Waals surface area contributed by atoms with Gasteiger partial charge in [-0.15, -0.1) is 0 Å². The number of urea groups is 1. The minimum Gasteiger partial charge on any atom is -0.502 e. The number of aliphatic hydroxyl groups excluding tert-OH is 1. The number of carbonyl (C=O) groups is 1. The molecule has 1 fully saturated rings. The number of hydrogen-bond acceptors (Lipinski definition) is 10. The number of rotatable bonds is 13. The Bertz CT molecular complexity index is 1250. The molecule has 43 heavy (non-hydrogen) atoms. The third-order valence-electron chi connectivity index (χ3n) is 8.80. The van der Waals surface area contributed by atoms with E-state index in [1.807, 2.05) is 12.1 Å². The summed E-state index contributed by atoms with van der Waals surface area (Å²) >= 11 is 0. The number of amides is 2. The van der Waals surface area contributed by atoms with E-state index < -0.39 is 18.2 Å². The predicted molar refractivity (Wildman–Crippen MR) is 159 cm³/mol. The van der Waals surface area contributed by atoms with Gasteiger partial charge in [0.15, 0.2) is 29.3 Å². The summed E-state index contributed by atoms with van der Waals surface area (Å²) in [4.78, 5) is 15.6. The second kappa shape index (κ2) is 13.9. The van der Waals surface area contributed by atoms with Gasteiger partial charge in [0.05, 0.1) is 26.9 Å². The molecule has 2 heterocycles. The van der Waals surface area contributed by atoms with E-state index in [0.29, 0.717) is 24.6 Å². The maximum Gasteiger partial charge on any atom is 0.315 e. The molecule has 2 aromatic carbocycles. The normalized spacial score (nSPS) is 23.5. The Labute approximate surface area is 252 Å². The van der Waals surface area contributed by atoms with Gasteiger partial charge in [0, 0.05) is 24.3 Å². The Morgan fingerprint density at radius 1 is 1.05 bits per heavy atom. The van der Waals surface area contributed by atoms with E-state index >= 15 is 0 Å². The van der Waals surface area contributed by atoms with Crippen LogP contribution in [0, 0.1) is 11.8 Å². The summed E-state index contributed by atoms with van der Waals surface area (Å²) in [6.45, 7) is 6.57. The molecule has 6 N–H and O–H groups in total. The third kappa shape index (κ3) is 6.42. The molecular weight excluding hydrogens is 556 g/mol. The summed E-state index contributed by atoms with van der Waals surface area (Å²) in [5.74, 6) is 0.539. The highest BCUT2D eigenvalue weighted by Gasteiger charge is 2.52. The van der Waals surface area contributed by atoms with Gasteiger partial charge in [0.2, 0.25) is 12.5 Å². The first-order valence-corrected chi connectivity index (χ1v) is 15.0. The van der Waals surface area contributed by atoms with Crippen LogP contribution in [0.25, 0.3) is 0 Å². The van der Waals surface area contributed by atoms with Crippen LogP contribution in [0.15, 0.2) is 24.3 Å². The molecule has 1 saturated heterocycles. The van der Waals surface area contributed by atoms with Crippen molar-refractivity contribution in [1.29, 1.82) is 0 Å². The van der Waals surface area contributed by atoms with Crippen molar-refractivity contribution in [3.05, 3.63) is 41.0 Å². The molecule has 0 saturated carbocycles. The lowest BCUT2D eigenvalue weighted by Crippen LogP contribution is -2.46. The molecule has 0 radical (unpaired) electrons. The van der Waals surface area contributed by atoms with E-state index in [4.69, 9.17) is 29.4 Å². The van der Waals surface area contributed by atoms with Gasteiger partial charge in [0.1, 0.15) is 0 Å². The summed E-state index contributed by atoms with van der Waals surface area (Å²) in [5.41, 5.74) is 8.09. The van der Waals surface area contributed by atoms with Gasteiger partial charge in [-0.3, -0.25) is 0 Å². The average Bonchev–Trinajstić information content (AvgIpc) is 3.64. The van der Waals surface area contributed by atoms with Crippen molar-refractivity contribution in [2.24, 2.45) is 17.6 Å². The Kier molecular flexibility index (Phi) is 10.0. The quantitative estimate of drug-likeness (QED) is 0.217. The number of phenolic OH excluding ortho intramolecular Hbond substituents is 1. The molecule has 5 atom stereocenters. The van der Waals surface area contributed by atoms with Crippen molar-refractivity contribution in [2.45, 2.75) is 44.4 Å². The number of nitrogens with zero attached hydrogens (tertiary/aromatic N) is 1. The second-order valence-corrected chi connectivity index (χ2v) is 11.2. The highest BCUT2D eigenvalue weighted by Crippen LogP contribution is 2.56. The van der Waals surface area contributed by atoms with Crippen molar-refractivity contribution in [3.63, 3.8) is 0 Å². The lowest BCUT2D eigenvalue weighted by atomic mass is 9.65. The number of nitrogens with two attached hydrogens (primary N) is 1. The largest absolute Gasteiger partial charge is 0.502 e. The average molecular weight is 601 g/mol. The Morgan fingerprint density at radius 3 is 2.37 bits per heavy atom. The van der Waals surface area contributed by atoms with Crippen LogP contribution in [0.1, 0.15) is 54.8 Å². The molecular formula is C31H44N4O8. The summed E-state index contributed by atoms with van der Waals surface area (Å²) in [7, 11) is 2.95. The fraction of sp³-hybridized carbons (Fsp3) is 0.581. The molecule has 2 amide bonds. The van der Waals surface area contributed by atoms with Crippen molar-refractivity contribution >= 4 is 6.03 Å². The number of fused-ring (bicyclic) bond motifs is 3. The molecule has 0 bridgehead atoms. The third-order valence-corrected chi connectivity index (χ3v) is 8.80.